The minimum atomic E-state index is -4.49. The fraction of sp³-hybridized carbons (Fsp3) is 0.280. The standard InChI is InChI=1S/C25H22F3N5O5/c1-15(38-23(36)37-14-24(2,3)22(34)35)33-31-20(13-29)21(32-33)17-6-4-5-16(11-17)7-8-19-12-18(9-10-30-19)25(26,27)28/h4-12,15H,14H2,1-3H3,(H,34,35)/b8-7+. The zero-order valence-electron chi connectivity index (χ0n) is 20.4. The second kappa shape index (κ2) is 11.1. The third-order valence-electron chi connectivity index (χ3n) is 5.17. The summed E-state index contributed by atoms with van der Waals surface area (Å²) in [5, 5.41) is 26.9. The first-order valence-corrected chi connectivity index (χ1v) is 11.1. The van der Waals surface area contributed by atoms with Gasteiger partial charge in [0.15, 0.2) is 5.69 Å². The number of carboxylic acids is 1. The highest BCUT2D eigenvalue weighted by Gasteiger charge is 2.31. The molecule has 0 aliphatic rings. The van der Waals surface area contributed by atoms with Crippen molar-refractivity contribution in [2.24, 2.45) is 5.41 Å². The van der Waals surface area contributed by atoms with Crippen LogP contribution in [0.5, 0.6) is 0 Å². The van der Waals surface area contributed by atoms with E-state index in [0.717, 1.165) is 23.1 Å². The Morgan fingerprint density at radius 1 is 1.18 bits per heavy atom. The van der Waals surface area contributed by atoms with Crippen LogP contribution < -0.4 is 0 Å². The number of nitriles is 1. The highest BCUT2D eigenvalue weighted by Crippen LogP contribution is 2.29. The van der Waals surface area contributed by atoms with Crippen molar-refractivity contribution in [3.05, 3.63) is 65.1 Å². The van der Waals surface area contributed by atoms with E-state index in [2.05, 4.69) is 15.2 Å². The molecule has 198 valence electrons. The molecular weight excluding hydrogens is 507 g/mol. The molecule has 1 aromatic carbocycles. The second-order valence-electron chi connectivity index (χ2n) is 8.70. The summed E-state index contributed by atoms with van der Waals surface area (Å²) in [5.41, 5.74) is -0.846. The van der Waals surface area contributed by atoms with Crippen LogP contribution in [0.1, 0.15) is 49.5 Å². The topological polar surface area (TPSA) is 140 Å². The van der Waals surface area contributed by atoms with Gasteiger partial charge < -0.3 is 14.6 Å². The molecule has 0 bridgehead atoms. The summed E-state index contributed by atoms with van der Waals surface area (Å²) in [7, 11) is 0. The Hall–Kier alpha value is -4.73. The Kier molecular flexibility index (Phi) is 8.15. The number of alkyl halides is 3. The van der Waals surface area contributed by atoms with Gasteiger partial charge in [0.2, 0.25) is 6.23 Å². The summed E-state index contributed by atoms with van der Waals surface area (Å²) in [6, 6.07) is 10.4. The minimum Gasteiger partial charge on any atom is -0.481 e. The first-order chi connectivity index (χ1) is 17.8. The van der Waals surface area contributed by atoms with Crippen molar-refractivity contribution in [3.63, 3.8) is 0 Å². The molecule has 38 heavy (non-hydrogen) atoms. The lowest BCUT2D eigenvalue weighted by Gasteiger charge is -2.19. The van der Waals surface area contributed by atoms with Crippen LogP contribution in [-0.4, -0.2) is 43.8 Å². The van der Waals surface area contributed by atoms with Gasteiger partial charge in [-0.3, -0.25) is 9.78 Å². The Balaban J connectivity index is 1.77. The van der Waals surface area contributed by atoms with E-state index in [1.807, 2.05) is 6.07 Å². The molecule has 0 saturated heterocycles. The van der Waals surface area contributed by atoms with E-state index in [9.17, 15) is 28.0 Å². The van der Waals surface area contributed by atoms with Gasteiger partial charge in [0.25, 0.3) is 0 Å². The van der Waals surface area contributed by atoms with E-state index in [0.29, 0.717) is 11.1 Å². The Morgan fingerprint density at radius 2 is 1.92 bits per heavy atom. The molecule has 0 fully saturated rings. The molecule has 0 spiro atoms. The first-order valence-electron chi connectivity index (χ1n) is 11.1. The van der Waals surface area contributed by atoms with Crippen molar-refractivity contribution in [1.29, 1.82) is 5.26 Å². The number of carbonyl (C=O) groups is 2. The molecule has 3 rings (SSSR count). The van der Waals surface area contributed by atoms with E-state index >= 15 is 0 Å². The third-order valence-corrected chi connectivity index (χ3v) is 5.17. The predicted octanol–water partition coefficient (Wildman–Crippen LogP) is 5.18. The van der Waals surface area contributed by atoms with Crippen molar-refractivity contribution < 1.29 is 37.3 Å². The predicted molar refractivity (Wildman–Crippen MR) is 127 cm³/mol. The van der Waals surface area contributed by atoms with Gasteiger partial charge in [-0.25, -0.2) is 4.79 Å². The van der Waals surface area contributed by atoms with Crippen molar-refractivity contribution in [2.45, 2.75) is 33.2 Å². The molecule has 0 aliphatic carbocycles. The van der Waals surface area contributed by atoms with Gasteiger partial charge in [-0.15, -0.1) is 15.0 Å². The number of benzene rings is 1. The second-order valence-corrected chi connectivity index (χ2v) is 8.70. The molecule has 1 atom stereocenters. The number of aromatic nitrogens is 4. The third kappa shape index (κ3) is 6.94. The lowest BCUT2D eigenvalue weighted by atomic mass is 9.95. The van der Waals surface area contributed by atoms with Crippen LogP contribution in [0.25, 0.3) is 23.4 Å². The number of ether oxygens (including phenoxy) is 2. The summed E-state index contributed by atoms with van der Waals surface area (Å²) < 4.78 is 48.8. The van der Waals surface area contributed by atoms with Gasteiger partial charge in [0.05, 0.1) is 16.7 Å². The lowest BCUT2D eigenvalue weighted by molar-refractivity contribution is -0.149. The van der Waals surface area contributed by atoms with Crippen LogP contribution in [0.3, 0.4) is 0 Å². The number of hydrogen-bond acceptors (Lipinski definition) is 8. The van der Waals surface area contributed by atoms with Crippen LogP contribution in [-0.2, 0) is 20.4 Å². The van der Waals surface area contributed by atoms with Crippen LogP contribution in [0.15, 0.2) is 42.6 Å². The molecular formula is C25H22F3N5O5. The molecule has 10 nitrogen and oxygen atoms in total. The number of pyridine rings is 1. The number of rotatable bonds is 8. The minimum absolute atomic E-state index is 0.0681. The van der Waals surface area contributed by atoms with Gasteiger partial charge in [-0.05, 0) is 50.6 Å². The van der Waals surface area contributed by atoms with Gasteiger partial charge >= 0.3 is 18.3 Å². The van der Waals surface area contributed by atoms with E-state index in [1.54, 1.807) is 30.3 Å². The molecule has 0 saturated carbocycles. The van der Waals surface area contributed by atoms with Crippen molar-refractivity contribution in [3.8, 4) is 17.3 Å². The monoisotopic (exact) mass is 529 g/mol. The van der Waals surface area contributed by atoms with Crippen molar-refractivity contribution in [2.75, 3.05) is 6.61 Å². The highest BCUT2D eigenvalue weighted by molar-refractivity contribution is 5.74. The molecule has 2 aromatic heterocycles. The van der Waals surface area contributed by atoms with E-state index in [1.165, 1.54) is 26.8 Å². The number of aliphatic carboxylic acids is 1. The molecule has 0 radical (unpaired) electrons. The Morgan fingerprint density at radius 3 is 2.58 bits per heavy atom. The quantitative estimate of drug-likeness (QED) is 0.391. The van der Waals surface area contributed by atoms with Gasteiger partial charge in [0, 0.05) is 11.8 Å². The average molecular weight is 529 g/mol. The van der Waals surface area contributed by atoms with Crippen molar-refractivity contribution in [1.82, 2.24) is 20.0 Å². The summed E-state index contributed by atoms with van der Waals surface area (Å²) >= 11 is 0. The molecule has 0 aliphatic heterocycles. The maximum atomic E-state index is 12.9. The van der Waals surface area contributed by atoms with E-state index < -0.39 is 42.1 Å². The van der Waals surface area contributed by atoms with Crippen LogP contribution in [0, 0.1) is 16.7 Å². The fourth-order valence-corrected chi connectivity index (χ4v) is 2.96. The largest absolute Gasteiger partial charge is 0.510 e. The summed E-state index contributed by atoms with van der Waals surface area (Å²) in [6.45, 7) is 3.76. The molecule has 1 N–H and O–H groups in total. The highest BCUT2D eigenvalue weighted by atomic mass is 19.4. The SMILES string of the molecule is CC(OC(=O)OCC(C)(C)C(=O)O)n1nc(C#N)c(-c2cccc(/C=C/c3cc(C(F)(F)F)ccn3)c2)n1. The zero-order chi connectivity index (χ0) is 28.1. The van der Waals surface area contributed by atoms with Crippen LogP contribution in [0.4, 0.5) is 18.0 Å². The van der Waals surface area contributed by atoms with Crippen molar-refractivity contribution >= 4 is 24.3 Å². The van der Waals surface area contributed by atoms with Gasteiger partial charge in [0.1, 0.15) is 18.4 Å². The maximum absolute atomic E-state index is 12.9. The number of carbonyl (C=O) groups excluding carboxylic acids is 1. The summed E-state index contributed by atoms with van der Waals surface area (Å²) in [6.07, 6.45) is -2.67. The van der Waals surface area contributed by atoms with Gasteiger partial charge in [-0.2, -0.15) is 18.4 Å². The normalized spacial score (nSPS) is 12.7. The molecule has 2 heterocycles. The smallest absolute Gasteiger partial charge is 0.481 e. The summed E-state index contributed by atoms with van der Waals surface area (Å²) in [4.78, 5) is 28.0. The van der Waals surface area contributed by atoms with E-state index in [4.69, 9.17) is 14.6 Å². The van der Waals surface area contributed by atoms with Crippen LogP contribution >= 0.6 is 0 Å². The Labute approximate surface area is 214 Å². The average Bonchev–Trinajstić information content (AvgIpc) is 3.31. The van der Waals surface area contributed by atoms with Gasteiger partial charge in [-0.1, -0.05) is 24.3 Å². The number of halogens is 3. The molecule has 13 heteroatoms. The number of carboxylic acid groups (broad SMARTS) is 1. The van der Waals surface area contributed by atoms with Crippen LogP contribution in [0.2, 0.25) is 0 Å². The Bertz CT molecular complexity index is 1410. The maximum Gasteiger partial charge on any atom is 0.510 e. The fourth-order valence-electron chi connectivity index (χ4n) is 2.96. The number of hydrogen-bond donors (Lipinski definition) is 1. The zero-order valence-corrected chi connectivity index (χ0v) is 20.4. The molecule has 3 aromatic rings. The molecule has 1 unspecified atom stereocenters. The lowest BCUT2D eigenvalue weighted by Crippen LogP contribution is -2.31. The first kappa shape index (κ1) is 27.9. The number of nitrogens with zero attached hydrogens (tertiary/aromatic N) is 5. The van der Waals surface area contributed by atoms with E-state index in [-0.39, 0.29) is 17.1 Å². The summed E-state index contributed by atoms with van der Waals surface area (Å²) in [5.74, 6) is -1.15. The molecule has 0 amide bonds.